The van der Waals surface area contributed by atoms with Crippen molar-refractivity contribution in [2.45, 2.75) is 84.8 Å². The van der Waals surface area contributed by atoms with Crippen molar-refractivity contribution >= 4 is 5.97 Å². The van der Waals surface area contributed by atoms with Crippen LogP contribution in [0.3, 0.4) is 0 Å². The maximum Gasteiger partial charge on any atom is 0.303 e. The van der Waals surface area contributed by atoms with Crippen LogP contribution < -0.4 is 0 Å². The molecule has 0 radical (unpaired) electrons. The number of ether oxygens (including phenoxy) is 2. The Balaban J connectivity index is 4.43. The fourth-order valence-corrected chi connectivity index (χ4v) is 2.78. The van der Waals surface area contributed by atoms with Crippen molar-refractivity contribution in [2.24, 2.45) is 5.92 Å². The lowest BCUT2D eigenvalue weighted by Crippen LogP contribution is -2.42. The molecule has 0 aromatic heterocycles. The molecule has 0 aliphatic rings. The monoisotopic (exact) mass is 302 g/mol. The van der Waals surface area contributed by atoms with Gasteiger partial charge in [0.2, 0.25) is 0 Å². The van der Waals surface area contributed by atoms with E-state index in [9.17, 15) is 4.79 Å². The second kappa shape index (κ2) is 12.0. The van der Waals surface area contributed by atoms with Crippen molar-refractivity contribution in [3.05, 3.63) is 0 Å². The van der Waals surface area contributed by atoms with Crippen LogP contribution in [0, 0.1) is 5.92 Å². The summed E-state index contributed by atoms with van der Waals surface area (Å²) < 4.78 is 11.5. The third-order valence-corrected chi connectivity index (χ3v) is 3.93. The summed E-state index contributed by atoms with van der Waals surface area (Å²) in [5, 5.41) is 9.15. The van der Waals surface area contributed by atoms with E-state index in [0.717, 1.165) is 19.3 Å². The van der Waals surface area contributed by atoms with Crippen LogP contribution in [0.15, 0.2) is 0 Å². The van der Waals surface area contributed by atoms with E-state index in [0.29, 0.717) is 13.2 Å². The van der Waals surface area contributed by atoms with Gasteiger partial charge >= 0.3 is 5.97 Å². The summed E-state index contributed by atoms with van der Waals surface area (Å²) in [5.74, 6) is -1.66. The molecular formula is C17H34O4. The van der Waals surface area contributed by atoms with Crippen LogP contribution in [0.5, 0.6) is 0 Å². The molecule has 0 aliphatic carbocycles. The zero-order valence-corrected chi connectivity index (χ0v) is 14.3. The highest BCUT2D eigenvalue weighted by Gasteiger charge is 2.36. The standard InChI is InChI=1S/C17H34O4/c1-5-8-9-10-11-12-13-15(14-16(18)19)17(4,20-6-2)21-7-3/h15H,5-14H2,1-4H3,(H,18,19). The summed E-state index contributed by atoms with van der Waals surface area (Å²) in [7, 11) is 0. The van der Waals surface area contributed by atoms with E-state index in [1.165, 1.54) is 25.7 Å². The second-order valence-corrected chi connectivity index (χ2v) is 5.73. The van der Waals surface area contributed by atoms with Crippen molar-refractivity contribution in [3.63, 3.8) is 0 Å². The van der Waals surface area contributed by atoms with Gasteiger partial charge in [-0.15, -0.1) is 0 Å². The molecule has 1 unspecified atom stereocenters. The maximum atomic E-state index is 11.1. The minimum atomic E-state index is -0.786. The van der Waals surface area contributed by atoms with Gasteiger partial charge in [-0.25, -0.2) is 0 Å². The van der Waals surface area contributed by atoms with E-state index in [1.807, 2.05) is 20.8 Å². The molecule has 0 fully saturated rings. The summed E-state index contributed by atoms with van der Waals surface area (Å²) in [6, 6.07) is 0. The van der Waals surface area contributed by atoms with Gasteiger partial charge in [0.1, 0.15) is 0 Å². The number of carboxylic acids is 1. The number of hydrogen-bond acceptors (Lipinski definition) is 3. The second-order valence-electron chi connectivity index (χ2n) is 5.73. The van der Waals surface area contributed by atoms with Gasteiger partial charge in [0.05, 0.1) is 6.42 Å². The first-order valence-corrected chi connectivity index (χ1v) is 8.49. The molecule has 126 valence electrons. The molecule has 1 N–H and O–H groups in total. The highest BCUT2D eigenvalue weighted by molar-refractivity contribution is 5.67. The number of carboxylic acid groups (broad SMARTS) is 1. The van der Waals surface area contributed by atoms with E-state index >= 15 is 0 Å². The molecule has 0 rings (SSSR count). The Morgan fingerprint density at radius 2 is 1.52 bits per heavy atom. The molecule has 0 saturated carbocycles. The van der Waals surface area contributed by atoms with Crippen LogP contribution >= 0.6 is 0 Å². The summed E-state index contributed by atoms with van der Waals surface area (Å²) in [4.78, 5) is 11.1. The summed E-state index contributed by atoms with van der Waals surface area (Å²) in [6.07, 6.45) is 8.17. The van der Waals surface area contributed by atoms with Crippen molar-refractivity contribution in [3.8, 4) is 0 Å². The Bertz CT molecular complexity index is 260. The van der Waals surface area contributed by atoms with Gasteiger partial charge in [-0.3, -0.25) is 4.79 Å². The van der Waals surface area contributed by atoms with Gasteiger partial charge < -0.3 is 14.6 Å². The Labute approximate surface area is 130 Å². The van der Waals surface area contributed by atoms with Crippen LogP contribution in [0.4, 0.5) is 0 Å². The summed E-state index contributed by atoms with van der Waals surface area (Å²) in [5.41, 5.74) is 0. The van der Waals surface area contributed by atoms with Gasteiger partial charge in [0.25, 0.3) is 0 Å². The van der Waals surface area contributed by atoms with E-state index in [2.05, 4.69) is 6.92 Å². The third-order valence-electron chi connectivity index (χ3n) is 3.93. The first kappa shape index (κ1) is 20.4. The molecule has 0 aromatic carbocycles. The number of carbonyl (C=O) groups is 1. The predicted molar refractivity (Wildman–Crippen MR) is 85.4 cm³/mol. The van der Waals surface area contributed by atoms with Crippen molar-refractivity contribution < 1.29 is 19.4 Å². The smallest absolute Gasteiger partial charge is 0.303 e. The van der Waals surface area contributed by atoms with Gasteiger partial charge in [0.15, 0.2) is 5.79 Å². The van der Waals surface area contributed by atoms with Gasteiger partial charge in [0, 0.05) is 19.1 Å². The molecule has 0 aliphatic heterocycles. The van der Waals surface area contributed by atoms with Gasteiger partial charge in [-0.2, -0.15) is 0 Å². The Morgan fingerprint density at radius 3 is 2.00 bits per heavy atom. The first-order chi connectivity index (χ1) is 10.00. The topological polar surface area (TPSA) is 55.8 Å². The first-order valence-electron chi connectivity index (χ1n) is 8.49. The van der Waals surface area contributed by atoms with Crippen molar-refractivity contribution in [1.82, 2.24) is 0 Å². The lowest BCUT2D eigenvalue weighted by molar-refractivity contribution is -0.254. The fourth-order valence-electron chi connectivity index (χ4n) is 2.78. The summed E-state index contributed by atoms with van der Waals surface area (Å²) in [6.45, 7) is 8.98. The zero-order valence-electron chi connectivity index (χ0n) is 14.3. The van der Waals surface area contributed by atoms with E-state index in [-0.39, 0.29) is 12.3 Å². The third kappa shape index (κ3) is 9.10. The summed E-state index contributed by atoms with van der Waals surface area (Å²) >= 11 is 0. The normalized spacial score (nSPS) is 13.3. The highest BCUT2D eigenvalue weighted by Crippen LogP contribution is 2.31. The molecule has 4 nitrogen and oxygen atoms in total. The maximum absolute atomic E-state index is 11.1. The predicted octanol–water partition coefficient (Wildman–Crippen LogP) is 4.62. The molecule has 0 heterocycles. The minimum Gasteiger partial charge on any atom is -0.481 e. The minimum absolute atomic E-state index is 0.0962. The Hall–Kier alpha value is -0.610. The molecular weight excluding hydrogens is 268 g/mol. The van der Waals surface area contributed by atoms with Crippen LogP contribution in [-0.4, -0.2) is 30.1 Å². The number of aliphatic carboxylic acids is 1. The van der Waals surface area contributed by atoms with Crippen molar-refractivity contribution in [2.75, 3.05) is 13.2 Å². The average Bonchev–Trinajstić information content (AvgIpc) is 2.41. The van der Waals surface area contributed by atoms with Gasteiger partial charge in [-0.1, -0.05) is 45.4 Å². The molecule has 0 bridgehead atoms. The lowest BCUT2D eigenvalue weighted by Gasteiger charge is -2.36. The molecule has 0 saturated heterocycles. The Kier molecular flexibility index (Phi) is 11.6. The van der Waals surface area contributed by atoms with Crippen LogP contribution in [0.25, 0.3) is 0 Å². The largest absolute Gasteiger partial charge is 0.481 e. The molecule has 1 atom stereocenters. The molecule has 0 spiro atoms. The lowest BCUT2D eigenvalue weighted by atomic mass is 9.89. The zero-order chi connectivity index (χ0) is 16.1. The molecule has 4 heteroatoms. The molecule has 0 amide bonds. The SMILES string of the molecule is CCCCCCCCC(CC(=O)O)C(C)(OCC)OCC. The average molecular weight is 302 g/mol. The molecule has 0 aromatic rings. The van der Waals surface area contributed by atoms with Crippen molar-refractivity contribution in [1.29, 1.82) is 0 Å². The van der Waals surface area contributed by atoms with E-state index in [1.54, 1.807) is 0 Å². The number of rotatable bonds is 14. The quantitative estimate of drug-likeness (QED) is 0.376. The highest BCUT2D eigenvalue weighted by atomic mass is 16.7. The van der Waals surface area contributed by atoms with Gasteiger partial charge in [-0.05, 0) is 27.2 Å². The van der Waals surface area contributed by atoms with Crippen LogP contribution in [0.2, 0.25) is 0 Å². The van der Waals surface area contributed by atoms with Crippen LogP contribution in [-0.2, 0) is 14.3 Å². The van der Waals surface area contributed by atoms with Crippen LogP contribution in [0.1, 0.15) is 79.1 Å². The fraction of sp³-hybridized carbons (Fsp3) is 0.941. The van der Waals surface area contributed by atoms with E-state index in [4.69, 9.17) is 14.6 Å². The number of hydrogen-bond donors (Lipinski definition) is 1. The number of unbranched alkanes of at least 4 members (excludes halogenated alkanes) is 5. The Morgan fingerprint density at radius 1 is 1.00 bits per heavy atom. The molecule has 21 heavy (non-hydrogen) atoms. The van der Waals surface area contributed by atoms with E-state index < -0.39 is 11.8 Å².